The molecular formula is C8H14N4O2. The number of hydrogen-bond donors (Lipinski definition) is 1. The van der Waals surface area contributed by atoms with E-state index < -0.39 is 0 Å². The Labute approximate surface area is 82.5 Å². The summed E-state index contributed by atoms with van der Waals surface area (Å²) >= 11 is 0. The van der Waals surface area contributed by atoms with Crippen molar-refractivity contribution in [2.75, 3.05) is 18.9 Å². The standard InChI is InChI=1S/C8H14N4O2/c1-3-5-14-8-11-6(9)10-7(12-8)13-4-2/h3-5H2,1-2H3,(H2,9,10,11,12). The Hall–Kier alpha value is -1.59. The molecule has 0 radical (unpaired) electrons. The highest BCUT2D eigenvalue weighted by atomic mass is 16.5. The molecule has 0 saturated heterocycles. The maximum Gasteiger partial charge on any atom is 0.324 e. The third-order valence-corrected chi connectivity index (χ3v) is 1.32. The van der Waals surface area contributed by atoms with E-state index in [9.17, 15) is 0 Å². The molecule has 1 aromatic heterocycles. The first kappa shape index (κ1) is 10.5. The quantitative estimate of drug-likeness (QED) is 0.747. The third kappa shape index (κ3) is 3.04. The largest absolute Gasteiger partial charge is 0.464 e. The topological polar surface area (TPSA) is 83.2 Å². The number of aromatic nitrogens is 3. The van der Waals surface area contributed by atoms with Gasteiger partial charge < -0.3 is 15.2 Å². The fourth-order valence-corrected chi connectivity index (χ4v) is 0.804. The molecular weight excluding hydrogens is 184 g/mol. The summed E-state index contributed by atoms with van der Waals surface area (Å²) in [5.74, 6) is 0.106. The molecule has 0 saturated carbocycles. The number of nitrogens with two attached hydrogens (primary N) is 1. The van der Waals surface area contributed by atoms with E-state index in [1.807, 2.05) is 13.8 Å². The summed E-state index contributed by atoms with van der Waals surface area (Å²) in [6.45, 7) is 4.87. The molecule has 1 heterocycles. The summed E-state index contributed by atoms with van der Waals surface area (Å²) < 4.78 is 10.3. The van der Waals surface area contributed by atoms with Crippen LogP contribution in [0, 0.1) is 0 Å². The Balaban J connectivity index is 2.73. The predicted molar refractivity (Wildman–Crippen MR) is 51.2 cm³/mol. The molecule has 0 bridgehead atoms. The van der Waals surface area contributed by atoms with Gasteiger partial charge in [0.15, 0.2) is 0 Å². The summed E-state index contributed by atoms with van der Waals surface area (Å²) in [4.78, 5) is 11.5. The third-order valence-electron chi connectivity index (χ3n) is 1.32. The minimum Gasteiger partial charge on any atom is -0.464 e. The van der Waals surface area contributed by atoms with Gasteiger partial charge in [-0.25, -0.2) is 0 Å². The molecule has 0 aliphatic rings. The van der Waals surface area contributed by atoms with Crippen LogP contribution in [-0.2, 0) is 0 Å². The SMILES string of the molecule is CCCOc1nc(N)nc(OCC)n1. The van der Waals surface area contributed by atoms with Crippen LogP contribution in [0.3, 0.4) is 0 Å². The molecule has 0 aliphatic heterocycles. The highest BCUT2D eigenvalue weighted by Gasteiger charge is 2.05. The van der Waals surface area contributed by atoms with Crippen LogP contribution in [-0.4, -0.2) is 28.2 Å². The predicted octanol–water partition coefficient (Wildman–Crippen LogP) is 0.641. The second-order valence-electron chi connectivity index (χ2n) is 2.54. The van der Waals surface area contributed by atoms with Gasteiger partial charge in [0.05, 0.1) is 13.2 Å². The van der Waals surface area contributed by atoms with Gasteiger partial charge in [-0.05, 0) is 13.3 Å². The molecule has 1 aromatic rings. The smallest absolute Gasteiger partial charge is 0.324 e. The molecule has 0 fully saturated rings. The summed E-state index contributed by atoms with van der Waals surface area (Å²) in [7, 11) is 0. The summed E-state index contributed by atoms with van der Waals surface area (Å²) in [5, 5.41) is 0. The first-order chi connectivity index (χ1) is 6.76. The van der Waals surface area contributed by atoms with Gasteiger partial charge in [-0.1, -0.05) is 6.92 Å². The maximum atomic E-state index is 5.44. The highest BCUT2D eigenvalue weighted by Crippen LogP contribution is 2.10. The Morgan fingerprint density at radius 3 is 2.29 bits per heavy atom. The first-order valence-electron chi connectivity index (χ1n) is 4.53. The lowest BCUT2D eigenvalue weighted by molar-refractivity contribution is 0.270. The molecule has 0 aromatic carbocycles. The van der Waals surface area contributed by atoms with Crippen molar-refractivity contribution >= 4 is 5.95 Å². The molecule has 0 unspecified atom stereocenters. The van der Waals surface area contributed by atoms with Crippen molar-refractivity contribution in [2.24, 2.45) is 0 Å². The Morgan fingerprint density at radius 2 is 1.71 bits per heavy atom. The zero-order valence-electron chi connectivity index (χ0n) is 8.36. The lowest BCUT2D eigenvalue weighted by atomic mass is 10.5. The fourth-order valence-electron chi connectivity index (χ4n) is 0.804. The lowest BCUT2D eigenvalue weighted by Crippen LogP contribution is -2.07. The molecule has 2 N–H and O–H groups in total. The van der Waals surface area contributed by atoms with Crippen LogP contribution in [0.1, 0.15) is 20.3 Å². The average Bonchev–Trinajstić information content (AvgIpc) is 2.14. The monoisotopic (exact) mass is 198 g/mol. The van der Waals surface area contributed by atoms with Gasteiger partial charge in [0.25, 0.3) is 0 Å². The van der Waals surface area contributed by atoms with E-state index in [4.69, 9.17) is 15.2 Å². The summed E-state index contributed by atoms with van der Waals surface area (Å²) in [6.07, 6.45) is 0.884. The van der Waals surface area contributed by atoms with Crippen LogP contribution in [0.25, 0.3) is 0 Å². The Bertz CT molecular complexity index is 293. The second kappa shape index (κ2) is 5.21. The highest BCUT2D eigenvalue weighted by molar-refractivity contribution is 5.20. The molecule has 78 valence electrons. The molecule has 0 aliphatic carbocycles. The molecule has 0 atom stereocenters. The maximum absolute atomic E-state index is 5.44. The van der Waals surface area contributed by atoms with Crippen LogP contribution in [0.15, 0.2) is 0 Å². The van der Waals surface area contributed by atoms with Crippen molar-refractivity contribution in [2.45, 2.75) is 20.3 Å². The minimum absolute atomic E-state index is 0.106. The van der Waals surface area contributed by atoms with Crippen molar-refractivity contribution in [1.29, 1.82) is 0 Å². The van der Waals surface area contributed by atoms with E-state index in [0.29, 0.717) is 13.2 Å². The van der Waals surface area contributed by atoms with Gasteiger partial charge in [-0.2, -0.15) is 9.97 Å². The van der Waals surface area contributed by atoms with Crippen molar-refractivity contribution in [3.63, 3.8) is 0 Å². The van der Waals surface area contributed by atoms with Gasteiger partial charge in [0.1, 0.15) is 0 Å². The number of anilines is 1. The molecule has 6 nitrogen and oxygen atoms in total. The zero-order chi connectivity index (χ0) is 10.4. The number of hydrogen-bond acceptors (Lipinski definition) is 6. The van der Waals surface area contributed by atoms with E-state index in [1.54, 1.807) is 0 Å². The Morgan fingerprint density at radius 1 is 1.07 bits per heavy atom. The van der Waals surface area contributed by atoms with E-state index in [1.165, 1.54) is 0 Å². The number of ether oxygens (including phenoxy) is 2. The zero-order valence-corrected chi connectivity index (χ0v) is 8.36. The van der Waals surface area contributed by atoms with Crippen molar-refractivity contribution in [3.8, 4) is 12.0 Å². The molecule has 0 amide bonds. The van der Waals surface area contributed by atoms with Gasteiger partial charge in [-0.15, -0.1) is 4.98 Å². The number of nitrogens with zero attached hydrogens (tertiary/aromatic N) is 3. The van der Waals surface area contributed by atoms with E-state index >= 15 is 0 Å². The first-order valence-corrected chi connectivity index (χ1v) is 4.53. The van der Waals surface area contributed by atoms with Crippen LogP contribution in [0.4, 0.5) is 5.95 Å². The number of nitrogen functional groups attached to an aromatic ring is 1. The number of rotatable bonds is 5. The molecule has 6 heteroatoms. The average molecular weight is 198 g/mol. The van der Waals surface area contributed by atoms with Gasteiger partial charge in [0, 0.05) is 0 Å². The lowest BCUT2D eigenvalue weighted by Gasteiger charge is -2.05. The van der Waals surface area contributed by atoms with E-state index in [0.717, 1.165) is 6.42 Å². The normalized spacial score (nSPS) is 9.86. The van der Waals surface area contributed by atoms with Crippen LogP contribution in [0.5, 0.6) is 12.0 Å². The van der Waals surface area contributed by atoms with Crippen molar-refractivity contribution in [3.05, 3.63) is 0 Å². The fraction of sp³-hybridized carbons (Fsp3) is 0.625. The molecule has 14 heavy (non-hydrogen) atoms. The van der Waals surface area contributed by atoms with Gasteiger partial charge >= 0.3 is 12.0 Å². The van der Waals surface area contributed by atoms with Gasteiger partial charge in [-0.3, -0.25) is 0 Å². The van der Waals surface area contributed by atoms with Crippen molar-refractivity contribution in [1.82, 2.24) is 15.0 Å². The molecule has 1 rings (SSSR count). The Kier molecular flexibility index (Phi) is 3.90. The second-order valence-corrected chi connectivity index (χ2v) is 2.54. The summed E-state index contributed by atoms with van der Waals surface area (Å²) in [5.41, 5.74) is 5.44. The van der Waals surface area contributed by atoms with Crippen LogP contribution in [0.2, 0.25) is 0 Å². The van der Waals surface area contributed by atoms with E-state index in [2.05, 4.69) is 15.0 Å². The molecule has 0 spiro atoms. The van der Waals surface area contributed by atoms with Crippen molar-refractivity contribution < 1.29 is 9.47 Å². The van der Waals surface area contributed by atoms with E-state index in [-0.39, 0.29) is 18.0 Å². The minimum atomic E-state index is 0.106. The summed E-state index contributed by atoms with van der Waals surface area (Å²) in [6, 6.07) is 0.411. The van der Waals surface area contributed by atoms with Crippen LogP contribution < -0.4 is 15.2 Å². The van der Waals surface area contributed by atoms with Gasteiger partial charge in [0.2, 0.25) is 5.95 Å². The van der Waals surface area contributed by atoms with Crippen LogP contribution >= 0.6 is 0 Å².